The molecule has 0 fully saturated rings. The van der Waals surface area contributed by atoms with Crippen LogP contribution in [0.15, 0.2) is 46.9 Å². The van der Waals surface area contributed by atoms with Gasteiger partial charge in [-0.2, -0.15) is 5.10 Å². The van der Waals surface area contributed by atoms with Crippen LogP contribution in [0.3, 0.4) is 0 Å². The van der Waals surface area contributed by atoms with Crippen molar-refractivity contribution in [1.29, 1.82) is 0 Å². The summed E-state index contributed by atoms with van der Waals surface area (Å²) >= 11 is 3.48. The average molecular weight is 523 g/mol. The first-order valence-corrected chi connectivity index (χ1v) is 11.6. The Morgan fingerprint density at radius 2 is 1.82 bits per heavy atom. The zero-order chi connectivity index (χ0) is 23.8. The molecule has 34 heavy (non-hydrogen) atoms. The molecule has 0 amide bonds. The number of carbonyl (C=O) groups excluding carboxylic acids is 1. The van der Waals surface area contributed by atoms with Crippen LogP contribution in [-0.4, -0.2) is 46.9 Å². The fourth-order valence-electron chi connectivity index (χ4n) is 4.54. The van der Waals surface area contributed by atoms with Gasteiger partial charge >= 0.3 is 0 Å². The number of benzene rings is 2. The summed E-state index contributed by atoms with van der Waals surface area (Å²) in [5.41, 5.74) is 5.20. The molecule has 0 unspecified atom stereocenters. The molecule has 9 heteroatoms. The Kier molecular flexibility index (Phi) is 6.05. The second kappa shape index (κ2) is 9.15. The molecule has 0 radical (unpaired) electrons. The molecular formula is C25H23BrN4O4. The minimum absolute atomic E-state index is 0.0625. The lowest BCUT2D eigenvalue weighted by atomic mass is 9.83. The lowest BCUT2D eigenvalue weighted by Crippen LogP contribution is -2.24. The molecule has 2 aromatic heterocycles. The number of ketones is 1. The summed E-state index contributed by atoms with van der Waals surface area (Å²) in [5.74, 6) is 1.24. The second-order valence-corrected chi connectivity index (χ2v) is 9.04. The summed E-state index contributed by atoms with van der Waals surface area (Å²) in [6, 6.07) is 13.6. The number of rotatable bonds is 6. The maximum absolute atomic E-state index is 13.1. The van der Waals surface area contributed by atoms with Crippen molar-refractivity contribution in [3.8, 4) is 22.6 Å². The average Bonchev–Trinajstić information content (AvgIpc) is 3.22. The number of nitrogens with zero attached hydrogens (tertiary/aromatic N) is 4. The lowest BCUT2D eigenvalue weighted by molar-refractivity contribution is 0.0955. The van der Waals surface area contributed by atoms with Crippen LogP contribution in [0.25, 0.3) is 16.8 Å². The van der Waals surface area contributed by atoms with Crippen LogP contribution in [-0.2, 0) is 17.8 Å². The minimum Gasteiger partial charge on any atom is -0.497 e. The lowest BCUT2D eigenvalue weighted by Gasteiger charge is -2.24. The molecule has 8 nitrogen and oxygen atoms in total. The first kappa shape index (κ1) is 22.5. The maximum Gasteiger partial charge on any atom is 0.185 e. The van der Waals surface area contributed by atoms with Gasteiger partial charge in [-0.1, -0.05) is 34.1 Å². The van der Waals surface area contributed by atoms with Gasteiger partial charge in [0.2, 0.25) is 0 Å². The zero-order valence-electron chi connectivity index (χ0n) is 19.0. The largest absolute Gasteiger partial charge is 0.497 e. The van der Waals surface area contributed by atoms with Crippen molar-refractivity contribution in [2.45, 2.75) is 25.4 Å². The van der Waals surface area contributed by atoms with Gasteiger partial charge in [-0.15, -0.1) is 10.2 Å². The van der Waals surface area contributed by atoms with Crippen molar-refractivity contribution in [3.05, 3.63) is 69.6 Å². The van der Waals surface area contributed by atoms with Crippen molar-refractivity contribution in [2.24, 2.45) is 0 Å². The van der Waals surface area contributed by atoms with Gasteiger partial charge in [0.25, 0.3) is 0 Å². The van der Waals surface area contributed by atoms with E-state index in [0.29, 0.717) is 42.3 Å². The molecule has 2 aromatic carbocycles. The number of Topliss-reactive ketones (excluding diaryl/α,β-unsaturated/α-hetero) is 1. The fraction of sp³-hybridized carbons (Fsp3) is 0.280. The fourth-order valence-corrected chi connectivity index (χ4v) is 4.80. The van der Waals surface area contributed by atoms with Crippen molar-refractivity contribution >= 4 is 27.4 Å². The van der Waals surface area contributed by atoms with E-state index >= 15 is 0 Å². The molecule has 0 N–H and O–H groups in total. The molecular weight excluding hydrogens is 500 g/mol. The van der Waals surface area contributed by atoms with Crippen LogP contribution in [0.1, 0.15) is 39.8 Å². The first-order valence-electron chi connectivity index (χ1n) is 10.8. The molecule has 0 spiro atoms. The van der Waals surface area contributed by atoms with Crippen LogP contribution in [0, 0.1) is 0 Å². The van der Waals surface area contributed by atoms with Crippen LogP contribution in [0.5, 0.6) is 11.5 Å². The van der Waals surface area contributed by atoms with E-state index in [9.17, 15) is 4.79 Å². The third-order valence-corrected chi connectivity index (χ3v) is 6.67. The van der Waals surface area contributed by atoms with E-state index in [1.165, 1.54) is 0 Å². The quantitative estimate of drug-likeness (QED) is 0.364. The normalized spacial score (nSPS) is 15.4. The van der Waals surface area contributed by atoms with Crippen LogP contribution in [0.2, 0.25) is 0 Å². The molecule has 0 saturated carbocycles. The first-order chi connectivity index (χ1) is 16.5. The van der Waals surface area contributed by atoms with E-state index in [-0.39, 0.29) is 11.7 Å². The molecule has 4 aromatic rings. The highest BCUT2D eigenvalue weighted by atomic mass is 79.9. The van der Waals surface area contributed by atoms with Crippen LogP contribution >= 0.6 is 15.9 Å². The predicted molar refractivity (Wildman–Crippen MR) is 130 cm³/mol. The molecule has 1 aliphatic carbocycles. The molecule has 5 rings (SSSR count). The number of carbonyl (C=O) groups is 1. The number of aromatic nitrogens is 4. The zero-order valence-corrected chi connectivity index (χ0v) is 20.6. The third kappa shape index (κ3) is 3.84. The molecule has 174 valence electrons. The number of fused-ring (bicyclic) bond motifs is 3. The number of hydrogen-bond acceptors (Lipinski definition) is 7. The monoisotopic (exact) mass is 522 g/mol. The summed E-state index contributed by atoms with van der Waals surface area (Å²) < 4.78 is 19.1. The highest BCUT2D eigenvalue weighted by Gasteiger charge is 2.33. The SMILES string of the molecule is COCc1nn2c3c(nnc2c1-c1ccc(Br)cc1)C(=O)C[C@H](c1ccc(OC)cc1OC)C3. The van der Waals surface area contributed by atoms with Crippen molar-refractivity contribution in [1.82, 2.24) is 19.8 Å². The van der Waals surface area contributed by atoms with Gasteiger partial charge in [0.05, 0.1) is 37.8 Å². The predicted octanol–water partition coefficient (Wildman–Crippen LogP) is 4.63. The Morgan fingerprint density at radius 3 is 2.53 bits per heavy atom. The second-order valence-electron chi connectivity index (χ2n) is 8.13. The van der Waals surface area contributed by atoms with Crippen molar-refractivity contribution in [2.75, 3.05) is 21.3 Å². The standard InChI is InChI=1S/C25H23BrN4O4/c1-32-13-19-23(14-4-6-16(26)7-5-14)25-28-27-24-20(30(25)29-19)10-15(11-21(24)31)18-9-8-17(33-2)12-22(18)34-3/h4-9,12,15H,10-11,13H2,1-3H3/t15-/m1/s1. The number of halogens is 1. The molecule has 0 saturated heterocycles. The highest BCUT2D eigenvalue weighted by Crippen LogP contribution is 2.39. The molecule has 2 heterocycles. The van der Waals surface area contributed by atoms with E-state index in [1.54, 1.807) is 25.8 Å². The van der Waals surface area contributed by atoms with Gasteiger partial charge in [0.15, 0.2) is 17.1 Å². The van der Waals surface area contributed by atoms with Crippen LogP contribution in [0.4, 0.5) is 0 Å². The van der Waals surface area contributed by atoms with Crippen molar-refractivity contribution < 1.29 is 19.0 Å². The van der Waals surface area contributed by atoms with Crippen molar-refractivity contribution in [3.63, 3.8) is 0 Å². The van der Waals surface area contributed by atoms with Crippen LogP contribution < -0.4 is 9.47 Å². The van der Waals surface area contributed by atoms with Gasteiger partial charge in [0.1, 0.15) is 11.5 Å². The smallest absolute Gasteiger partial charge is 0.185 e. The Labute approximate surface area is 205 Å². The maximum atomic E-state index is 13.1. The Balaban J connectivity index is 1.65. The topological polar surface area (TPSA) is 87.8 Å². The molecule has 1 atom stereocenters. The van der Waals surface area contributed by atoms with Gasteiger partial charge in [-0.05, 0) is 35.7 Å². The van der Waals surface area contributed by atoms with E-state index in [2.05, 4.69) is 26.1 Å². The summed E-state index contributed by atoms with van der Waals surface area (Å²) in [5, 5.41) is 13.6. The summed E-state index contributed by atoms with van der Waals surface area (Å²) in [6.07, 6.45) is 0.894. The number of ether oxygens (including phenoxy) is 3. The summed E-state index contributed by atoms with van der Waals surface area (Å²) in [7, 11) is 4.87. The summed E-state index contributed by atoms with van der Waals surface area (Å²) in [4.78, 5) is 13.1. The molecule has 1 aliphatic rings. The number of methoxy groups -OCH3 is 3. The van der Waals surface area contributed by atoms with Gasteiger partial charge < -0.3 is 14.2 Å². The van der Waals surface area contributed by atoms with E-state index in [1.807, 2.05) is 42.5 Å². The third-order valence-electron chi connectivity index (χ3n) is 6.14. The Hall–Kier alpha value is -3.30. The number of hydrogen-bond donors (Lipinski definition) is 0. The molecule has 0 bridgehead atoms. The van der Waals surface area contributed by atoms with Gasteiger partial charge in [0, 0.05) is 30.0 Å². The Morgan fingerprint density at radius 1 is 1.03 bits per heavy atom. The minimum atomic E-state index is -0.0838. The van der Waals surface area contributed by atoms with E-state index < -0.39 is 0 Å². The molecule has 0 aliphatic heterocycles. The van der Waals surface area contributed by atoms with E-state index in [0.717, 1.165) is 32.6 Å². The van der Waals surface area contributed by atoms with Gasteiger partial charge in [-0.3, -0.25) is 4.79 Å². The Bertz CT molecular complexity index is 1380. The highest BCUT2D eigenvalue weighted by molar-refractivity contribution is 9.10. The van der Waals surface area contributed by atoms with Gasteiger partial charge in [-0.25, -0.2) is 4.52 Å². The summed E-state index contributed by atoms with van der Waals surface area (Å²) in [6.45, 7) is 0.313. The van der Waals surface area contributed by atoms with E-state index in [4.69, 9.17) is 19.3 Å².